The second-order valence-corrected chi connectivity index (χ2v) is 5.81. The van der Waals surface area contributed by atoms with Crippen molar-refractivity contribution in [3.63, 3.8) is 0 Å². The molecule has 98 valence electrons. The van der Waals surface area contributed by atoms with Crippen LogP contribution in [0.25, 0.3) is 0 Å². The van der Waals surface area contributed by atoms with Gasteiger partial charge in [-0.25, -0.2) is 0 Å². The quantitative estimate of drug-likeness (QED) is 0.899. The van der Waals surface area contributed by atoms with E-state index < -0.39 is 5.91 Å². The summed E-state index contributed by atoms with van der Waals surface area (Å²) in [7, 11) is 0. The minimum absolute atomic E-state index is 0.0961. The molecule has 0 aliphatic rings. The first-order valence-electron chi connectivity index (χ1n) is 5.47. The first kappa shape index (κ1) is 13.8. The van der Waals surface area contributed by atoms with Gasteiger partial charge >= 0.3 is 0 Å². The summed E-state index contributed by atoms with van der Waals surface area (Å²) >= 11 is 4.87. The summed E-state index contributed by atoms with van der Waals surface area (Å²) in [5.41, 5.74) is 6.20. The second-order valence-electron chi connectivity index (χ2n) is 3.90. The van der Waals surface area contributed by atoms with E-state index in [2.05, 4.69) is 21.2 Å². The Hall–Kier alpha value is -1.66. The smallest absolute Gasteiger partial charge is 0.248 e. The number of hydrogen-bond acceptors (Lipinski definition) is 3. The Kier molecular flexibility index (Phi) is 4.34. The molecule has 0 saturated carbocycles. The zero-order valence-electron chi connectivity index (χ0n) is 9.85. The van der Waals surface area contributed by atoms with Crippen molar-refractivity contribution in [3.8, 4) is 0 Å². The first-order chi connectivity index (χ1) is 9.04. The van der Waals surface area contributed by atoms with Crippen LogP contribution in [0.2, 0.25) is 0 Å². The van der Waals surface area contributed by atoms with Crippen LogP contribution >= 0.6 is 27.3 Å². The molecular formula is C13H11BrN2O2S. The third-order valence-corrected chi connectivity index (χ3v) is 4.11. The Morgan fingerprint density at radius 3 is 2.47 bits per heavy atom. The predicted octanol–water partition coefficient (Wildman–Crippen LogP) is 2.79. The molecular weight excluding hydrogens is 328 g/mol. The van der Waals surface area contributed by atoms with E-state index in [-0.39, 0.29) is 5.91 Å². The number of amides is 2. The van der Waals surface area contributed by atoms with E-state index >= 15 is 0 Å². The molecule has 3 N–H and O–H groups in total. The normalized spacial score (nSPS) is 10.2. The van der Waals surface area contributed by atoms with E-state index in [4.69, 9.17) is 5.73 Å². The fourth-order valence-corrected chi connectivity index (χ4v) is 2.98. The Labute approximate surface area is 122 Å². The lowest BCUT2D eigenvalue weighted by atomic mass is 10.2. The van der Waals surface area contributed by atoms with Gasteiger partial charge in [-0.05, 0) is 46.3 Å². The topological polar surface area (TPSA) is 72.2 Å². The third-order valence-electron chi connectivity index (χ3n) is 2.41. The van der Waals surface area contributed by atoms with E-state index in [1.165, 1.54) is 11.3 Å². The second kappa shape index (κ2) is 5.99. The van der Waals surface area contributed by atoms with Gasteiger partial charge in [0.25, 0.3) is 0 Å². The van der Waals surface area contributed by atoms with Gasteiger partial charge in [-0.15, -0.1) is 11.3 Å². The average Bonchev–Trinajstić information content (AvgIpc) is 2.75. The third kappa shape index (κ3) is 3.90. The molecule has 0 spiro atoms. The molecule has 0 unspecified atom stereocenters. The SMILES string of the molecule is NC(=O)c1ccc(NC(=O)Cc2cc(Br)cs2)cc1. The number of hydrogen-bond donors (Lipinski definition) is 2. The number of halogens is 1. The Bertz CT molecular complexity index is 607. The minimum Gasteiger partial charge on any atom is -0.366 e. The van der Waals surface area contributed by atoms with Crippen LogP contribution < -0.4 is 11.1 Å². The molecule has 6 heteroatoms. The van der Waals surface area contributed by atoms with E-state index in [9.17, 15) is 9.59 Å². The van der Waals surface area contributed by atoms with Crippen molar-refractivity contribution in [2.45, 2.75) is 6.42 Å². The summed E-state index contributed by atoms with van der Waals surface area (Å²) < 4.78 is 0.978. The fourth-order valence-electron chi connectivity index (χ4n) is 1.53. The Morgan fingerprint density at radius 2 is 1.95 bits per heavy atom. The van der Waals surface area contributed by atoms with Crippen LogP contribution in [0.5, 0.6) is 0 Å². The standard InChI is InChI=1S/C13H11BrN2O2S/c14-9-5-11(19-7-9)6-12(17)16-10-3-1-8(2-4-10)13(15)18/h1-5,7H,6H2,(H2,15,18)(H,16,17). The van der Waals surface area contributed by atoms with Crippen molar-refractivity contribution >= 4 is 44.8 Å². The highest BCUT2D eigenvalue weighted by Crippen LogP contribution is 2.20. The number of primary amides is 1. The van der Waals surface area contributed by atoms with Crippen molar-refractivity contribution in [1.82, 2.24) is 0 Å². The van der Waals surface area contributed by atoms with E-state index in [1.54, 1.807) is 24.3 Å². The Morgan fingerprint density at radius 1 is 1.26 bits per heavy atom. The Balaban J connectivity index is 1.97. The molecule has 0 atom stereocenters. The number of thiophene rings is 1. The maximum Gasteiger partial charge on any atom is 0.248 e. The highest BCUT2D eigenvalue weighted by Gasteiger charge is 2.07. The van der Waals surface area contributed by atoms with E-state index in [0.29, 0.717) is 17.7 Å². The molecule has 0 fully saturated rings. The number of carbonyl (C=O) groups is 2. The van der Waals surface area contributed by atoms with Gasteiger partial charge in [-0.3, -0.25) is 9.59 Å². The van der Waals surface area contributed by atoms with Crippen LogP contribution in [0.3, 0.4) is 0 Å². The predicted molar refractivity (Wildman–Crippen MR) is 79.3 cm³/mol. The maximum absolute atomic E-state index is 11.8. The monoisotopic (exact) mass is 338 g/mol. The molecule has 0 radical (unpaired) electrons. The number of nitrogens with two attached hydrogens (primary N) is 1. The van der Waals surface area contributed by atoms with Gasteiger partial charge in [-0.1, -0.05) is 0 Å². The van der Waals surface area contributed by atoms with Gasteiger partial charge in [0, 0.05) is 26.0 Å². The number of benzene rings is 1. The molecule has 0 saturated heterocycles. The molecule has 0 aliphatic carbocycles. The minimum atomic E-state index is -0.485. The lowest BCUT2D eigenvalue weighted by molar-refractivity contribution is -0.115. The van der Waals surface area contributed by atoms with Gasteiger partial charge in [0.05, 0.1) is 6.42 Å². The summed E-state index contributed by atoms with van der Waals surface area (Å²) in [6.07, 6.45) is 0.327. The van der Waals surface area contributed by atoms with Crippen LogP contribution in [0, 0.1) is 0 Å². The van der Waals surface area contributed by atoms with E-state index in [0.717, 1.165) is 9.35 Å². The largest absolute Gasteiger partial charge is 0.366 e. The lowest BCUT2D eigenvalue weighted by Crippen LogP contribution is -2.14. The molecule has 1 aromatic heterocycles. The van der Waals surface area contributed by atoms with Crippen LogP contribution in [-0.2, 0) is 11.2 Å². The number of carbonyl (C=O) groups excluding carboxylic acids is 2. The van der Waals surface area contributed by atoms with Crippen molar-refractivity contribution in [2.75, 3.05) is 5.32 Å². The first-order valence-corrected chi connectivity index (χ1v) is 7.14. The summed E-state index contributed by atoms with van der Waals surface area (Å²) in [4.78, 5) is 23.7. The van der Waals surface area contributed by atoms with Crippen molar-refractivity contribution in [1.29, 1.82) is 0 Å². The van der Waals surface area contributed by atoms with Gasteiger partial charge in [0.2, 0.25) is 11.8 Å². The summed E-state index contributed by atoms with van der Waals surface area (Å²) in [6, 6.07) is 8.39. The van der Waals surface area contributed by atoms with E-state index in [1.807, 2.05) is 11.4 Å². The number of nitrogens with one attached hydrogen (secondary N) is 1. The highest BCUT2D eigenvalue weighted by molar-refractivity contribution is 9.10. The number of rotatable bonds is 4. The molecule has 1 aromatic carbocycles. The molecule has 4 nitrogen and oxygen atoms in total. The van der Waals surface area contributed by atoms with Crippen molar-refractivity contribution < 1.29 is 9.59 Å². The van der Waals surface area contributed by atoms with Crippen LogP contribution in [0.4, 0.5) is 5.69 Å². The summed E-state index contributed by atoms with van der Waals surface area (Å²) in [6.45, 7) is 0. The summed E-state index contributed by atoms with van der Waals surface area (Å²) in [5, 5.41) is 4.70. The van der Waals surface area contributed by atoms with Crippen LogP contribution in [0.1, 0.15) is 15.2 Å². The van der Waals surface area contributed by atoms with Gasteiger partial charge in [0.1, 0.15) is 0 Å². The molecule has 2 aromatic rings. The number of anilines is 1. The molecule has 2 amide bonds. The highest BCUT2D eigenvalue weighted by atomic mass is 79.9. The molecule has 19 heavy (non-hydrogen) atoms. The van der Waals surface area contributed by atoms with Gasteiger partial charge < -0.3 is 11.1 Å². The average molecular weight is 339 g/mol. The lowest BCUT2D eigenvalue weighted by Gasteiger charge is -2.04. The molecule has 0 aliphatic heterocycles. The zero-order valence-corrected chi connectivity index (χ0v) is 12.3. The maximum atomic E-state index is 11.8. The van der Waals surface area contributed by atoms with Gasteiger partial charge in [-0.2, -0.15) is 0 Å². The van der Waals surface area contributed by atoms with Crippen molar-refractivity contribution in [3.05, 3.63) is 50.6 Å². The molecule has 0 bridgehead atoms. The fraction of sp³-hybridized carbons (Fsp3) is 0.0769. The molecule has 1 heterocycles. The molecule has 2 rings (SSSR count). The summed E-state index contributed by atoms with van der Waals surface area (Å²) in [5.74, 6) is -0.581. The van der Waals surface area contributed by atoms with Gasteiger partial charge in [0.15, 0.2) is 0 Å². The van der Waals surface area contributed by atoms with Crippen LogP contribution in [0.15, 0.2) is 40.2 Å². The zero-order chi connectivity index (χ0) is 13.8. The van der Waals surface area contributed by atoms with Crippen LogP contribution in [-0.4, -0.2) is 11.8 Å². The van der Waals surface area contributed by atoms with Crippen molar-refractivity contribution in [2.24, 2.45) is 5.73 Å².